The van der Waals surface area contributed by atoms with Crippen LogP contribution in [0.25, 0.3) is 0 Å². The topological polar surface area (TPSA) is 44.1 Å². The molecule has 0 aliphatic heterocycles. The predicted octanol–water partition coefficient (Wildman–Crippen LogP) is 3.28. The van der Waals surface area contributed by atoms with E-state index in [1.54, 1.807) is 0 Å². The molecule has 4 nitrogen and oxygen atoms in total. The van der Waals surface area contributed by atoms with Gasteiger partial charge in [-0.15, -0.1) is 0 Å². The van der Waals surface area contributed by atoms with E-state index in [1.165, 1.54) is 7.11 Å². The third kappa shape index (κ3) is 6.99. The highest BCUT2D eigenvalue weighted by Crippen LogP contribution is 2.37. The van der Waals surface area contributed by atoms with E-state index in [4.69, 9.17) is 0 Å². The average molecular weight is 290 g/mol. The minimum Gasteiger partial charge on any atom is -0.459 e. The lowest BCUT2D eigenvalue weighted by Crippen LogP contribution is -2.27. The Morgan fingerprint density at radius 1 is 1.29 bits per heavy atom. The summed E-state index contributed by atoms with van der Waals surface area (Å²) in [5, 5.41) is 0. The van der Waals surface area contributed by atoms with Crippen molar-refractivity contribution in [2.45, 2.75) is 53.5 Å². The van der Waals surface area contributed by atoms with Gasteiger partial charge in [-0.25, -0.2) is 9.78 Å². The van der Waals surface area contributed by atoms with Gasteiger partial charge in [0.2, 0.25) is 0 Å². The van der Waals surface area contributed by atoms with Crippen LogP contribution in [-0.4, -0.2) is 22.6 Å². The number of aromatic nitrogens is 2. The zero-order valence-electron chi connectivity index (χ0n) is 13.8. The summed E-state index contributed by atoms with van der Waals surface area (Å²) in [5.41, 5.74) is 0.356. The first-order chi connectivity index (χ1) is 9.74. The van der Waals surface area contributed by atoms with Crippen molar-refractivity contribution in [1.29, 1.82) is 0 Å². The highest BCUT2D eigenvalue weighted by atomic mass is 16.5. The van der Waals surface area contributed by atoms with Crippen LogP contribution in [0.2, 0.25) is 0 Å². The summed E-state index contributed by atoms with van der Waals surface area (Å²) in [6, 6.07) is 0. The fourth-order valence-electron chi connectivity index (χ4n) is 2.90. The maximum Gasteiger partial charge on any atom is 0.384 e. The van der Waals surface area contributed by atoms with E-state index >= 15 is 0 Å². The highest BCUT2D eigenvalue weighted by molar-refractivity contribution is 5.88. The van der Waals surface area contributed by atoms with E-state index in [2.05, 4.69) is 53.8 Å². The molecule has 0 saturated heterocycles. The van der Waals surface area contributed by atoms with E-state index in [1.807, 2.05) is 18.7 Å². The van der Waals surface area contributed by atoms with Gasteiger partial charge >= 0.3 is 5.97 Å². The molecule has 0 aliphatic rings. The Morgan fingerprint density at radius 3 is 2.57 bits per heavy atom. The van der Waals surface area contributed by atoms with Crippen molar-refractivity contribution in [3.8, 4) is 11.8 Å². The predicted molar refractivity (Wildman–Crippen MR) is 83.4 cm³/mol. The number of carbonyl (C=O) groups excluding carboxylic acids is 1. The third-order valence-corrected chi connectivity index (χ3v) is 3.43. The maximum absolute atomic E-state index is 10.9. The highest BCUT2D eigenvalue weighted by Gasteiger charge is 2.28. The Hall–Kier alpha value is -1.76. The number of ether oxygens (including phenoxy) is 1. The van der Waals surface area contributed by atoms with Crippen LogP contribution in [0, 0.1) is 22.7 Å². The molecule has 0 amide bonds. The van der Waals surface area contributed by atoms with Crippen molar-refractivity contribution < 1.29 is 9.53 Å². The van der Waals surface area contributed by atoms with Gasteiger partial charge in [0.1, 0.15) is 0 Å². The fraction of sp³-hybridized carbons (Fsp3) is 0.647. The molecule has 1 aromatic heterocycles. The standard InChI is InChI=1S/C17H26N2O2/c1-16(2,9-7-6-8-15(20)21-5)12-17(3,4)13-19-11-10-18-14-19/h10-11,14H,7,9,12-13H2,1-5H3. The first kappa shape index (κ1) is 17.3. The van der Waals surface area contributed by atoms with Gasteiger partial charge in [0.05, 0.1) is 13.4 Å². The smallest absolute Gasteiger partial charge is 0.384 e. The number of imidazole rings is 1. The molecule has 1 rings (SSSR count). The van der Waals surface area contributed by atoms with Crippen molar-refractivity contribution in [3.05, 3.63) is 18.7 Å². The largest absolute Gasteiger partial charge is 0.459 e. The van der Waals surface area contributed by atoms with Crippen molar-refractivity contribution in [2.75, 3.05) is 7.11 Å². The number of esters is 1. The van der Waals surface area contributed by atoms with Crippen molar-refractivity contribution in [1.82, 2.24) is 9.55 Å². The van der Waals surface area contributed by atoms with Gasteiger partial charge < -0.3 is 9.30 Å². The molecule has 0 fully saturated rings. The number of methoxy groups -OCH3 is 1. The molecule has 0 radical (unpaired) electrons. The van der Waals surface area contributed by atoms with Gasteiger partial charge in [-0.05, 0) is 23.7 Å². The molecule has 0 atom stereocenters. The third-order valence-electron chi connectivity index (χ3n) is 3.43. The van der Waals surface area contributed by atoms with E-state index in [0.29, 0.717) is 6.42 Å². The summed E-state index contributed by atoms with van der Waals surface area (Å²) < 4.78 is 6.62. The molecule has 0 aromatic carbocycles. The Morgan fingerprint density at radius 2 is 2.00 bits per heavy atom. The molecule has 4 heteroatoms. The zero-order valence-corrected chi connectivity index (χ0v) is 13.8. The summed E-state index contributed by atoms with van der Waals surface area (Å²) in [7, 11) is 1.35. The van der Waals surface area contributed by atoms with E-state index in [-0.39, 0.29) is 10.8 Å². The van der Waals surface area contributed by atoms with E-state index < -0.39 is 5.97 Å². The number of rotatable bonds is 6. The SMILES string of the molecule is COC(=O)C#CCCC(C)(C)CC(C)(C)Cn1ccnc1. The Labute approximate surface area is 127 Å². The maximum atomic E-state index is 10.9. The van der Waals surface area contributed by atoms with Crippen molar-refractivity contribution >= 4 is 5.97 Å². The van der Waals surface area contributed by atoms with Gasteiger partial charge in [0.15, 0.2) is 0 Å². The Bertz CT molecular complexity index is 505. The molecular weight excluding hydrogens is 264 g/mol. The second-order valence-electron chi connectivity index (χ2n) is 7.03. The van der Waals surface area contributed by atoms with Crippen LogP contribution in [-0.2, 0) is 16.1 Å². The molecule has 116 valence electrons. The number of hydrogen-bond donors (Lipinski definition) is 0. The van der Waals surface area contributed by atoms with Gasteiger partial charge in [-0.1, -0.05) is 33.6 Å². The summed E-state index contributed by atoms with van der Waals surface area (Å²) in [4.78, 5) is 15.0. The Kier molecular flexibility index (Phi) is 6.02. The van der Waals surface area contributed by atoms with Crippen LogP contribution >= 0.6 is 0 Å². The van der Waals surface area contributed by atoms with E-state index in [0.717, 1.165) is 19.4 Å². The van der Waals surface area contributed by atoms with Crippen molar-refractivity contribution in [2.24, 2.45) is 10.8 Å². The molecular formula is C17H26N2O2. The van der Waals surface area contributed by atoms with Gasteiger partial charge in [-0.2, -0.15) is 0 Å². The quantitative estimate of drug-likeness (QED) is 0.459. The minimum atomic E-state index is -0.465. The Balaban J connectivity index is 2.49. The lowest BCUT2D eigenvalue weighted by atomic mass is 9.73. The van der Waals surface area contributed by atoms with Crippen molar-refractivity contribution in [3.63, 3.8) is 0 Å². The van der Waals surface area contributed by atoms with Gasteiger partial charge in [-0.3, -0.25) is 0 Å². The lowest BCUT2D eigenvalue weighted by molar-refractivity contribution is -0.133. The molecule has 0 spiro atoms. The van der Waals surface area contributed by atoms with Crippen LogP contribution in [0.4, 0.5) is 0 Å². The summed E-state index contributed by atoms with van der Waals surface area (Å²) in [5.74, 6) is 4.90. The average Bonchev–Trinajstić information content (AvgIpc) is 2.84. The number of carbonyl (C=O) groups is 1. The first-order valence-corrected chi connectivity index (χ1v) is 7.27. The summed E-state index contributed by atoms with van der Waals surface area (Å²) in [6.45, 7) is 10.00. The summed E-state index contributed by atoms with van der Waals surface area (Å²) >= 11 is 0. The lowest BCUT2D eigenvalue weighted by Gasteiger charge is -2.35. The van der Waals surface area contributed by atoms with Crippen LogP contribution in [0.1, 0.15) is 47.0 Å². The number of hydrogen-bond acceptors (Lipinski definition) is 3. The van der Waals surface area contributed by atoms with Gasteiger partial charge in [0.25, 0.3) is 0 Å². The fourth-order valence-corrected chi connectivity index (χ4v) is 2.90. The van der Waals surface area contributed by atoms with E-state index in [9.17, 15) is 4.79 Å². The molecule has 0 unspecified atom stereocenters. The zero-order chi connectivity index (χ0) is 15.9. The molecule has 0 aliphatic carbocycles. The molecule has 0 N–H and O–H groups in total. The van der Waals surface area contributed by atoms with Gasteiger partial charge in [0, 0.05) is 31.3 Å². The minimum absolute atomic E-state index is 0.175. The summed E-state index contributed by atoms with van der Waals surface area (Å²) in [6.07, 6.45) is 8.42. The first-order valence-electron chi connectivity index (χ1n) is 7.27. The molecule has 0 bridgehead atoms. The second-order valence-corrected chi connectivity index (χ2v) is 7.03. The van der Waals surface area contributed by atoms with Crippen LogP contribution in [0.5, 0.6) is 0 Å². The van der Waals surface area contributed by atoms with Crippen LogP contribution in [0.3, 0.4) is 0 Å². The van der Waals surface area contributed by atoms with Crippen LogP contribution < -0.4 is 0 Å². The second kappa shape index (κ2) is 7.31. The molecule has 1 aromatic rings. The molecule has 0 saturated carbocycles. The normalized spacial score (nSPS) is 11.7. The molecule has 1 heterocycles. The van der Waals surface area contributed by atoms with Crippen LogP contribution in [0.15, 0.2) is 18.7 Å². The molecule has 21 heavy (non-hydrogen) atoms. The monoisotopic (exact) mass is 290 g/mol. The number of nitrogens with zero attached hydrogens (tertiary/aromatic N) is 2.